The fourth-order valence-corrected chi connectivity index (χ4v) is 5.29. The third kappa shape index (κ3) is 6.00. The molecule has 1 fully saturated rings. The second kappa shape index (κ2) is 11.5. The summed E-state index contributed by atoms with van der Waals surface area (Å²) in [5.41, 5.74) is 8.03. The minimum atomic E-state index is -4.69. The highest BCUT2D eigenvalue weighted by Gasteiger charge is 2.31. The summed E-state index contributed by atoms with van der Waals surface area (Å²) < 4.78 is 60.6. The number of morpholine rings is 1. The third-order valence-corrected chi connectivity index (χ3v) is 6.96. The molecule has 2 aromatic heterocycles. The van der Waals surface area contributed by atoms with E-state index in [-0.39, 0.29) is 24.6 Å². The summed E-state index contributed by atoms with van der Waals surface area (Å²) >= 11 is 0. The average Bonchev–Trinajstić information content (AvgIpc) is 3.23. The number of aliphatic hydroxyl groups excluding tert-OH is 1. The largest absolute Gasteiger partial charge is 0.416 e. The number of benzene rings is 2. The van der Waals surface area contributed by atoms with E-state index < -0.39 is 29.3 Å². The molecular weight excluding hydrogens is 558 g/mol. The number of hydrogen-bond donors (Lipinski definition) is 4. The zero-order valence-corrected chi connectivity index (χ0v) is 22.7. The molecule has 0 radical (unpaired) electrons. The minimum absolute atomic E-state index is 0.0408. The topological polar surface area (TPSA) is 130 Å². The minimum Gasteiger partial charge on any atom is -0.392 e. The van der Waals surface area contributed by atoms with E-state index in [2.05, 4.69) is 25.6 Å². The third-order valence-electron chi connectivity index (χ3n) is 6.96. The van der Waals surface area contributed by atoms with E-state index in [1.165, 1.54) is 6.33 Å². The van der Waals surface area contributed by atoms with Gasteiger partial charge in [0.25, 0.3) is 0 Å². The first-order chi connectivity index (χ1) is 19.9. The van der Waals surface area contributed by atoms with Gasteiger partial charge < -0.3 is 26.2 Å². The molecule has 1 aliphatic heterocycles. The lowest BCUT2D eigenvalue weighted by Gasteiger charge is -2.35. The molecule has 42 heavy (non-hydrogen) atoms. The Kier molecular flexibility index (Phi) is 8.03. The molecular formula is C28H29F4N7O3. The molecule has 0 bridgehead atoms. The molecule has 14 heteroatoms. The Balaban J connectivity index is 1.41. The quantitative estimate of drug-likeness (QED) is 0.237. The van der Waals surface area contributed by atoms with Gasteiger partial charge in [0, 0.05) is 36.4 Å². The number of halogens is 4. The van der Waals surface area contributed by atoms with Crippen LogP contribution < -0.4 is 16.4 Å². The number of urea groups is 1. The number of hydrogen-bond acceptors (Lipinski definition) is 7. The summed E-state index contributed by atoms with van der Waals surface area (Å²) in [7, 11) is 0. The molecule has 2 atom stereocenters. The molecule has 1 aliphatic rings. The Hall–Kier alpha value is -4.27. The second-order valence-corrected chi connectivity index (χ2v) is 10.2. The van der Waals surface area contributed by atoms with Gasteiger partial charge in [-0.25, -0.2) is 18.7 Å². The highest BCUT2D eigenvalue weighted by Crippen LogP contribution is 2.37. The highest BCUT2D eigenvalue weighted by molar-refractivity contribution is 6.00. The maximum absolute atomic E-state index is 14.1. The summed E-state index contributed by atoms with van der Waals surface area (Å²) in [6, 6.07) is 7.32. The number of aliphatic hydroxyl groups is 1. The zero-order valence-electron chi connectivity index (χ0n) is 22.7. The number of carbonyl (C=O) groups excluding carboxylic acids is 1. The van der Waals surface area contributed by atoms with Crippen LogP contribution in [0.1, 0.15) is 30.7 Å². The number of carbonyl (C=O) groups is 1. The number of aromatic nitrogens is 3. The van der Waals surface area contributed by atoms with E-state index in [1.807, 2.05) is 13.8 Å². The number of rotatable bonds is 6. The van der Waals surface area contributed by atoms with Gasteiger partial charge in [-0.15, -0.1) is 0 Å². The molecule has 3 heterocycles. The smallest absolute Gasteiger partial charge is 0.392 e. The lowest BCUT2D eigenvalue weighted by atomic mass is 10.0. The van der Waals surface area contributed by atoms with Gasteiger partial charge in [-0.2, -0.15) is 18.3 Å². The number of anilines is 3. The van der Waals surface area contributed by atoms with Crippen molar-refractivity contribution >= 4 is 28.7 Å². The average molecular weight is 588 g/mol. The molecule has 1 saturated heterocycles. The van der Waals surface area contributed by atoms with Gasteiger partial charge in [0.05, 0.1) is 35.8 Å². The number of nitrogens with two attached hydrogens (primary N) is 1. The number of nitrogens with one attached hydrogen (secondary N) is 2. The fourth-order valence-electron chi connectivity index (χ4n) is 5.29. The van der Waals surface area contributed by atoms with Gasteiger partial charge >= 0.3 is 12.2 Å². The molecule has 5 N–H and O–H groups in total. The van der Waals surface area contributed by atoms with Crippen molar-refractivity contribution < 1.29 is 32.2 Å². The van der Waals surface area contributed by atoms with Crippen molar-refractivity contribution in [2.75, 3.05) is 29.5 Å². The Morgan fingerprint density at radius 3 is 2.45 bits per heavy atom. The van der Waals surface area contributed by atoms with Crippen molar-refractivity contribution in [1.29, 1.82) is 0 Å². The zero-order chi connectivity index (χ0) is 30.2. The summed E-state index contributed by atoms with van der Waals surface area (Å²) in [4.78, 5) is 18.8. The van der Waals surface area contributed by atoms with E-state index in [4.69, 9.17) is 10.5 Å². The van der Waals surface area contributed by atoms with Crippen LogP contribution in [0.4, 0.5) is 39.5 Å². The van der Waals surface area contributed by atoms with Crippen LogP contribution in [0, 0.1) is 5.82 Å². The summed E-state index contributed by atoms with van der Waals surface area (Å²) in [6.45, 7) is 5.59. The van der Waals surface area contributed by atoms with Crippen LogP contribution in [0.2, 0.25) is 0 Å². The predicted molar refractivity (Wildman–Crippen MR) is 148 cm³/mol. The molecule has 10 nitrogen and oxygen atoms in total. The standard InChI is InChI=1S/C28H29F4N7O3/c1-15-10-38(11-16(2)42-15)12-23-20(13-40)24(25-26(33)34-14-35-39(23)25)17-3-6-19(7-4-17)36-27(41)37-22-9-18(28(30,31)32)5-8-21(22)29/h3-9,14-16,40H,10-13H2,1-2H3,(H2,33,34,35)(H2,36,37,41). The predicted octanol–water partition coefficient (Wildman–Crippen LogP) is 4.88. The van der Waals surface area contributed by atoms with Gasteiger partial charge in [0.2, 0.25) is 0 Å². The van der Waals surface area contributed by atoms with Crippen LogP contribution in [0.5, 0.6) is 0 Å². The maximum atomic E-state index is 14.1. The molecule has 222 valence electrons. The van der Waals surface area contributed by atoms with Gasteiger partial charge in [-0.1, -0.05) is 12.1 Å². The molecule has 4 aromatic rings. The van der Waals surface area contributed by atoms with Crippen molar-refractivity contribution in [1.82, 2.24) is 19.5 Å². The fraction of sp³-hybridized carbons (Fsp3) is 0.321. The number of nitrogens with zero attached hydrogens (tertiary/aromatic N) is 4. The van der Waals surface area contributed by atoms with Crippen molar-refractivity contribution in [3.63, 3.8) is 0 Å². The van der Waals surface area contributed by atoms with Gasteiger partial charge in [-0.05, 0) is 49.7 Å². The Labute approximate surface area is 238 Å². The van der Waals surface area contributed by atoms with Crippen molar-refractivity contribution in [3.8, 4) is 11.1 Å². The van der Waals surface area contributed by atoms with Crippen LogP contribution in [-0.2, 0) is 24.1 Å². The molecule has 0 spiro atoms. The first kappa shape index (κ1) is 29.2. The van der Waals surface area contributed by atoms with Crippen molar-refractivity contribution in [2.24, 2.45) is 0 Å². The van der Waals surface area contributed by atoms with E-state index in [1.54, 1.807) is 28.8 Å². The van der Waals surface area contributed by atoms with Crippen LogP contribution in [0.25, 0.3) is 16.6 Å². The molecule has 2 unspecified atom stereocenters. The van der Waals surface area contributed by atoms with Crippen LogP contribution in [-0.4, -0.2) is 55.9 Å². The monoisotopic (exact) mass is 587 g/mol. The van der Waals surface area contributed by atoms with Gasteiger partial charge in [0.1, 0.15) is 17.7 Å². The van der Waals surface area contributed by atoms with E-state index in [0.29, 0.717) is 65.7 Å². The Morgan fingerprint density at radius 1 is 1.12 bits per heavy atom. The molecule has 0 saturated carbocycles. The molecule has 2 amide bonds. The molecule has 0 aliphatic carbocycles. The van der Waals surface area contributed by atoms with Crippen molar-refractivity contribution in [2.45, 2.75) is 45.4 Å². The normalized spacial score (nSPS) is 17.9. The number of alkyl halides is 3. The summed E-state index contributed by atoms with van der Waals surface area (Å²) in [5, 5.41) is 19.5. The van der Waals surface area contributed by atoms with Crippen LogP contribution in [0.15, 0.2) is 48.8 Å². The second-order valence-electron chi connectivity index (χ2n) is 10.2. The Morgan fingerprint density at radius 2 is 1.81 bits per heavy atom. The van der Waals surface area contributed by atoms with E-state index >= 15 is 0 Å². The summed E-state index contributed by atoms with van der Waals surface area (Å²) in [5.74, 6) is -0.795. The molecule has 5 rings (SSSR count). The SMILES string of the molecule is CC1CN(Cc2c(CO)c(-c3ccc(NC(=O)Nc4cc(C(F)(F)F)ccc4F)cc3)c3c(N)ncnn23)CC(C)O1. The van der Waals surface area contributed by atoms with Crippen LogP contribution in [0.3, 0.4) is 0 Å². The lowest BCUT2D eigenvalue weighted by Crippen LogP contribution is -2.45. The highest BCUT2D eigenvalue weighted by atomic mass is 19.4. The van der Waals surface area contributed by atoms with Gasteiger partial charge in [0.15, 0.2) is 5.82 Å². The number of nitrogen functional groups attached to an aromatic ring is 1. The van der Waals surface area contributed by atoms with E-state index in [0.717, 1.165) is 5.69 Å². The van der Waals surface area contributed by atoms with Crippen LogP contribution >= 0.6 is 0 Å². The Bertz CT molecular complexity index is 1600. The molecule has 2 aromatic carbocycles. The summed E-state index contributed by atoms with van der Waals surface area (Å²) in [6.07, 6.45) is -3.27. The first-order valence-corrected chi connectivity index (χ1v) is 13.1. The van der Waals surface area contributed by atoms with E-state index in [9.17, 15) is 27.5 Å². The maximum Gasteiger partial charge on any atom is 0.416 e. The number of ether oxygens (including phenoxy) is 1. The van der Waals surface area contributed by atoms with Crippen molar-refractivity contribution in [3.05, 3.63) is 71.4 Å². The number of amides is 2. The first-order valence-electron chi connectivity index (χ1n) is 13.1. The lowest BCUT2D eigenvalue weighted by molar-refractivity contribution is -0.137. The van der Waals surface area contributed by atoms with Gasteiger partial charge in [-0.3, -0.25) is 4.90 Å². The number of fused-ring (bicyclic) bond motifs is 1.